The van der Waals surface area contributed by atoms with Crippen LogP contribution in [0.15, 0.2) is 34.6 Å². The van der Waals surface area contributed by atoms with Crippen molar-refractivity contribution in [3.63, 3.8) is 0 Å². The zero-order chi connectivity index (χ0) is 13.4. The average Bonchev–Trinajstić information content (AvgIpc) is 2.39. The van der Waals surface area contributed by atoms with E-state index in [-0.39, 0.29) is 5.84 Å². The van der Waals surface area contributed by atoms with Crippen molar-refractivity contribution in [3.05, 3.63) is 35.4 Å². The summed E-state index contributed by atoms with van der Waals surface area (Å²) in [6, 6.07) is 7.12. The topological polar surface area (TPSA) is 89.4 Å². The molecule has 1 rings (SSSR count). The van der Waals surface area contributed by atoms with E-state index >= 15 is 0 Å². The van der Waals surface area contributed by atoms with Crippen molar-refractivity contribution in [3.8, 4) is 0 Å². The molecule has 0 aliphatic rings. The molecule has 0 saturated heterocycles. The maximum Gasteiger partial charge on any atom is 0.222 e. The zero-order valence-corrected chi connectivity index (χ0v) is 10.5. The summed E-state index contributed by atoms with van der Waals surface area (Å²) in [6.45, 7) is 4.50. The van der Waals surface area contributed by atoms with Crippen LogP contribution in [-0.2, 0) is 16.2 Å². The number of ether oxygens (including phenoxy) is 1. The SMILES string of the molecule is CCOC(C)=NOCc1ccc(C(N)=NO)cc1. The third-order valence-corrected chi connectivity index (χ3v) is 2.13. The number of hydrogen-bond acceptors (Lipinski definition) is 5. The molecule has 0 bridgehead atoms. The molecule has 6 heteroatoms. The van der Waals surface area contributed by atoms with Crippen molar-refractivity contribution < 1.29 is 14.8 Å². The van der Waals surface area contributed by atoms with Gasteiger partial charge in [-0.3, -0.25) is 0 Å². The van der Waals surface area contributed by atoms with Gasteiger partial charge in [0.15, 0.2) is 5.84 Å². The third-order valence-electron chi connectivity index (χ3n) is 2.13. The predicted octanol–water partition coefficient (Wildman–Crippen LogP) is 1.67. The first-order valence-corrected chi connectivity index (χ1v) is 5.53. The van der Waals surface area contributed by atoms with Crippen molar-refractivity contribution in [2.75, 3.05) is 6.61 Å². The van der Waals surface area contributed by atoms with Crippen LogP contribution >= 0.6 is 0 Å². The Balaban J connectivity index is 2.52. The van der Waals surface area contributed by atoms with Gasteiger partial charge in [-0.05, 0) is 12.5 Å². The first kappa shape index (κ1) is 13.8. The Labute approximate surface area is 106 Å². The molecule has 0 aliphatic heterocycles. The Hall–Kier alpha value is -2.24. The summed E-state index contributed by atoms with van der Waals surface area (Å²) >= 11 is 0. The standard InChI is InChI=1S/C12H17N3O3/c1-3-17-9(2)15-18-8-10-4-6-11(7-5-10)12(13)14-16/h4-7,16H,3,8H2,1-2H3,(H2,13,14). The molecular weight excluding hydrogens is 234 g/mol. The van der Waals surface area contributed by atoms with Crippen molar-refractivity contribution in [2.24, 2.45) is 16.0 Å². The van der Waals surface area contributed by atoms with Crippen molar-refractivity contribution in [1.82, 2.24) is 0 Å². The summed E-state index contributed by atoms with van der Waals surface area (Å²) < 4.78 is 5.11. The van der Waals surface area contributed by atoms with Gasteiger partial charge in [0.05, 0.1) is 6.61 Å². The fourth-order valence-corrected chi connectivity index (χ4v) is 1.26. The maximum atomic E-state index is 8.52. The Kier molecular flexibility index (Phi) is 5.50. The quantitative estimate of drug-likeness (QED) is 0.360. The molecule has 0 atom stereocenters. The first-order chi connectivity index (χ1) is 8.67. The van der Waals surface area contributed by atoms with Crippen molar-refractivity contribution in [1.29, 1.82) is 0 Å². The van der Waals surface area contributed by atoms with Gasteiger partial charge in [-0.1, -0.05) is 34.6 Å². The van der Waals surface area contributed by atoms with Crippen LogP contribution in [0.1, 0.15) is 25.0 Å². The second-order valence-electron chi connectivity index (χ2n) is 3.50. The Bertz CT molecular complexity index is 427. The van der Waals surface area contributed by atoms with Gasteiger partial charge in [0.1, 0.15) is 6.61 Å². The van der Waals surface area contributed by atoms with E-state index in [0.717, 1.165) is 5.56 Å². The Morgan fingerprint density at radius 3 is 2.56 bits per heavy atom. The molecule has 0 aliphatic carbocycles. The third kappa shape index (κ3) is 4.32. The summed E-state index contributed by atoms with van der Waals surface area (Å²) in [5.74, 6) is 0.568. The average molecular weight is 251 g/mol. The van der Waals surface area contributed by atoms with E-state index in [4.69, 9.17) is 20.5 Å². The lowest BCUT2D eigenvalue weighted by Gasteiger charge is -2.04. The summed E-state index contributed by atoms with van der Waals surface area (Å²) in [5.41, 5.74) is 7.02. The van der Waals surface area contributed by atoms with E-state index in [2.05, 4.69) is 10.3 Å². The van der Waals surface area contributed by atoms with E-state index in [0.29, 0.717) is 24.7 Å². The fraction of sp³-hybridized carbons (Fsp3) is 0.333. The van der Waals surface area contributed by atoms with E-state index in [1.54, 1.807) is 19.1 Å². The van der Waals surface area contributed by atoms with Gasteiger partial charge < -0.3 is 20.5 Å². The molecule has 0 aromatic heterocycles. The lowest BCUT2D eigenvalue weighted by molar-refractivity contribution is 0.119. The molecule has 98 valence electrons. The fourth-order valence-electron chi connectivity index (χ4n) is 1.26. The second-order valence-corrected chi connectivity index (χ2v) is 3.50. The minimum Gasteiger partial charge on any atom is -0.479 e. The van der Waals surface area contributed by atoms with Gasteiger partial charge in [0.2, 0.25) is 5.90 Å². The minimum atomic E-state index is 0.0766. The van der Waals surface area contributed by atoms with Crippen molar-refractivity contribution >= 4 is 11.7 Å². The number of amidine groups is 1. The highest BCUT2D eigenvalue weighted by Crippen LogP contribution is 2.06. The molecule has 0 unspecified atom stereocenters. The second kappa shape index (κ2) is 7.16. The number of hydrogen-bond donors (Lipinski definition) is 2. The van der Waals surface area contributed by atoms with E-state index < -0.39 is 0 Å². The van der Waals surface area contributed by atoms with Gasteiger partial charge in [-0.25, -0.2) is 0 Å². The largest absolute Gasteiger partial charge is 0.479 e. The summed E-state index contributed by atoms with van der Waals surface area (Å²) in [5, 5.41) is 15.2. The lowest BCUT2D eigenvalue weighted by atomic mass is 10.1. The lowest BCUT2D eigenvalue weighted by Crippen LogP contribution is -2.12. The molecule has 0 saturated carbocycles. The molecule has 18 heavy (non-hydrogen) atoms. The van der Waals surface area contributed by atoms with Gasteiger partial charge in [0, 0.05) is 12.5 Å². The maximum absolute atomic E-state index is 8.52. The monoisotopic (exact) mass is 251 g/mol. The summed E-state index contributed by atoms with van der Waals surface area (Å²) in [4.78, 5) is 5.11. The highest BCUT2D eigenvalue weighted by Gasteiger charge is 1.99. The number of benzene rings is 1. The minimum absolute atomic E-state index is 0.0766. The summed E-state index contributed by atoms with van der Waals surface area (Å²) in [7, 11) is 0. The highest BCUT2D eigenvalue weighted by atomic mass is 16.6. The van der Waals surface area contributed by atoms with Crippen LogP contribution in [0.25, 0.3) is 0 Å². The molecule has 0 amide bonds. The van der Waals surface area contributed by atoms with Gasteiger partial charge >= 0.3 is 0 Å². The molecule has 0 heterocycles. The Morgan fingerprint density at radius 2 is 2.00 bits per heavy atom. The number of oxime groups is 2. The van der Waals surface area contributed by atoms with E-state index in [1.165, 1.54) is 0 Å². The predicted molar refractivity (Wildman–Crippen MR) is 68.5 cm³/mol. The van der Waals surface area contributed by atoms with Crippen LogP contribution < -0.4 is 5.73 Å². The molecule has 0 radical (unpaired) electrons. The van der Waals surface area contributed by atoms with Gasteiger partial charge in [0.25, 0.3) is 0 Å². The van der Waals surface area contributed by atoms with Gasteiger partial charge in [-0.2, -0.15) is 0 Å². The molecule has 1 aromatic carbocycles. The Morgan fingerprint density at radius 1 is 1.33 bits per heavy atom. The molecule has 0 spiro atoms. The van der Waals surface area contributed by atoms with Crippen LogP contribution in [0.4, 0.5) is 0 Å². The number of rotatable bonds is 5. The van der Waals surface area contributed by atoms with E-state index in [1.807, 2.05) is 19.1 Å². The number of nitrogens with zero attached hydrogens (tertiary/aromatic N) is 2. The van der Waals surface area contributed by atoms with Gasteiger partial charge in [-0.15, -0.1) is 0 Å². The van der Waals surface area contributed by atoms with Crippen LogP contribution in [0.2, 0.25) is 0 Å². The molecule has 6 nitrogen and oxygen atoms in total. The number of nitrogens with two attached hydrogens (primary N) is 1. The molecule has 0 fully saturated rings. The molecule has 3 N–H and O–H groups in total. The highest BCUT2D eigenvalue weighted by molar-refractivity contribution is 5.96. The molecular formula is C12H17N3O3. The normalized spacial score (nSPS) is 12.3. The van der Waals surface area contributed by atoms with Crippen molar-refractivity contribution in [2.45, 2.75) is 20.5 Å². The first-order valence-electron chi connectivity index (χ1n) is 5.53. The smallest absolute Gasteiger partial charge is 0.222 e. The van der Waals surface area contributed by atoms with Crippen LogP contribution in [-0.4, -0.2) is 23.5 Å². The van der Waals surface area contributed by atoms with Crippen LogP contribution in [0.3, 0.4) is 0 Å². The van der Waals surface area contributed by atoms with Crippen LogP contribution in [0.5, 0.6) is 0 Å². The van der Waals surface area contributed by atoms with Crippen LogP contribution in [0, 0.1) is 0 Å². The van der Waals surface area contributed by atoms with E-state index in [9.17, 15) is 0 Å². The zero-order valence-electron chi connectivity index (χ0n) is 10.5. The summed E-state index contributed by atoms with van der Waals surface area (Å²) in [6.07, 6.45) is 0. The molecule has 1 aromatic rings.